The third-order valence-corrected chi connectivity index (χ3v) is 2.09. The van der Waals surface area contributed by atoms with Crippen molar-refractivity contribution in [1.29, 1.82) is 0 Å². The molecule has 0 aromatic carbocycles. The van der Waals surface area contributed by atoms with Gasteiger partial charge in [0.15, 0.2) is 0 Å². The highest BCUT2D eigenvalue weighted by molar-refractivity contribution is 5.28. The van der Waals surface area contributed by atoms with Crippen LogP contribution in [-0.2, 0) is 6.42 Å². The fourth-order valence-electron chi connectivity index (χ4n) is 1.17. The van der Waals surface area contributed by atoms with Crippen LogP contribution in [0.2, 0.25) is 0 Å². The van der Waals surface area contributed by atoms with Gasteiger partial charge in [-0.2, -0.15) is 0 Å². The normalized spacial score (nSPS) is 10.5. The summed E-state index contributed by atoms with van der Waals surface area (Å²) in [5.74, 6) is 0. The zero-order chi connectivity index (χ0) is 8.27. The maximum Gasteiger partial charge on any atom is 0.0434 e. The lowest BCUT2D eigenvalue weighted by atomic mass is 10.1. The van der Waals surface area contributed by atoms with Crippen molar-refractivity contribution in [2.75, 3.05) is 6.61 Å². The molecule has 62 valence electrons. The Hall–Kier alpha value is -0.760. The highest BCUT2D eigenvalue weighted by Gasteiger charge is 2.01. The summed E-state index contributed by atoms with van der Waals surface area (Å²) in [7, 11) is 0. The summed E-state index contributed by atoms with van der Waals surface area (Å²) in [6, 6.07) is 0. The van der Waals surface area contributed by atoms with Crippen LogP contribution in [0.1, 0.15) is 23.2 Å². The van der Waals surface area contributed by atoms with Gasteiger partial charge in [-0.25, -0.2) is 0 Å². The second-order valence-electron chi connectivity index (χ2n) is 2.90. The second kappa shape index (κ2) is 3.58. The Labute approximate surface area is 67.3 Å². The molecular formula is C9H15NO. The van der Waals surface area contributed by atoms with Crippen molar-refractivity contribution >= 4 is 0 Å². The summed E-state index contributed by atoms with van der Waals surface area (Å²) in [5.41, 5.74) is 3.90. The Kier molecular flexibility index (Phi) is 2.71. The van der Waals surface area contributed by atoms with Crippen LogP contribution >= 0.6 is 0 Å². The third-order valence-electron chi connectivity index (χ3n) is 2.09. The minimum absolute atomic E-state index is 0.275. The number of nitrogens with one attached hydrogen (secondary N) is 1. The number of aryl methyl sites for hydroxylation is 2. The molecule has 2 N–H and O–H groups in total. The second-order valence-corrected chi connectivity index (χ2v) is 2.90. The molecule has 0 saturated carbocycles. The standard InChI is InChI=1S/C9H15NO/c1-7-6-10-9(8(7)2)4-3-5-11/h6,10-11H,3-5H2,1-2H3. The molecule has 0 spiro atoms. The van der Waals surface area contributed by atoms with Crippen LogP contribution in [0.3, 0.4) is 0 Å². The van der Waals surface area contributed by atoms with E-state index in [1.54, 1.807) is 0 Å². The summed E-state index contributed by atoms with van der Waals surface area (Å²) in [6.07, 6.45) is 3.82. The molecule has 0 bridgehead atoms. The molecule has 0 aliphatic rings. The van der Waals surface area contributed by atoms with E-state index in [9.17, 15) is 0 Å². The molecule has 0 atom stereocenters. The van der Waals surface area contributed by atoms with E-state index in [0.29, 0.717) is 0 Å². The largest absolute Gasteiger partial charge is 0.396 e. The molecule has 1 rings (SSSR count). The van der Waals surface area contributed by atoms with E-state index >= 15 is 0 Å². The van der Waals surface area contributed by atoms with Crippen LogP contribution in [-0.4, -0.2) is 16.7 Å². The first-order chi connectivity index (χ1) is 5.25. The van der Waals surface area contributed by atoms with Crippen LogP contribution in [0, 0.1) is 13.8 Å². The quantitative estimate of drug-likeness (QED) is 0.679. The van der Waals surface area contributed by atoms with Gasteiger partial charge in [0.1, 0.15) is 0 Å². The molecule has 0 aliphatic heterocycles. The van der Waals surface area contributed by atoms with Crippen molar-refractivity contribution in [1.82, 2.24) is 4.98 Å². The molecule has 0 unspecified atom stereocenters. The van der Waals surface area contributed by atoms with Gasteiger partial charge in [0.05, 0.1) is 0 Å². The number of aliphatic hydroxyl groups is 1. The first kappa shape index (κ1) is 8.34. The fourth-order valence-corrected chi connectivity index (χ4v) is 1.17. The van der Waals surface area contributed by atoms with Crippen molar-refractivity contribution < 1.29 is 5.11 Å². The van der Waals surface area contributed by atoms with Crippen molar-refractivity contribution in [3.63, 3.8) is 0 Å². The molecule has 11 heavy (non-hydrogen) atoms. The Bertz CT molecular complexity index is 227. The molecule has 0 amide bonds. The van der Waals surface area contributed by atoms with Crippen LogP contribution in [0.15, 0.2) is 6.20 Å². The van der Waals surface area contributed by atoms with E-state index < -0.39 is 0 Å². The van der Waals surface area contributed by atoms with Gasteiger partial charge >= 0.3 is 0 Å². The molecule has 2 heteroatoms. The zero-order valence-electron chi connectivity index (χ0n) is 7.15. The Morgan fingerprint density at radius 1 is 1.45 bits per heavy atom. The number of hydrogen-bond donors (Lipinski definition) is 2. The lowest BCUT2D eigenvalue weighted by molar-refractivity contribution is 0.288. The fraction of sp³-hybridized carbons (Fsp3) is 0.556. The first-order valence-corrected chi connectivity index (χ1v) is 4.00. The van der Waals surface area contributed by atoms with Gasteiger partial charge in [0.25, 0.3) is 0 Å². The third kappa shape index (κ3) is 1.84. The Morgan fingerprint density at radius 3 is 2.64 bits per heavy atom. The number of aromatic amines is 1. The van der Waals surface area contributed by atoms with Gasteiger partial charge in [-0.1, -0.05) is 0 Å². The molecule has 0 fully saturated rings. The summed E-state index contributed by atoms with van der Waals surface area (Å²) >= 11 is 0. The lowest BCUT2D eigenvalue weighted by Gasteiger charge is -1.97. The predicted octanol–water partition coefficient (Wildman–Crippen LogP) is 1.56. The van der Waals surface area contributed by atoms with Crippen LogP contribution in [0.4, 0.5) is 0 Å². The Morgan fingerprint density at radius 2 is 2.18 bits per heavy atom. The maximum atomic E-state index is 8.61. The van der Waals surface area contributed by atoms with Gasteiger partial charge in [-0.3, -0.25) is 0 Å². The molecule has 0 radical (unpaired) electrons. The van der Waals surface area contributed by atoms with Gasteiger partial charge in [0, 0.05) is 18.5 Å². The minimum Gasteiger partial charge on any atom is -0.396 e. The minimum atomic E-state index is 0.275. The molecule has 1 heterocycles. The van der Waals surface area contributed by atoms with Crippen LogP contribution < -0.4 is 0 Å². The molecule has 0 saturated heterocycles. The SMILES string of the molecule is Cc1c[nH]c(CCCO)c1C. The zero-order valence-corrected chi connectivity index (χ0v) is 7.15. The molecule has 2 nitrogen and oxygen atoms in total. The average molecular weight is 153 g/mol. The number of aliphatic hydroxyl groups excluding tert-OH is 1. The lowest BCUT2D eigenvalue weighted by Crippen LogP contribution is -1.91. The van der Waals surface area contributed by atoms with Crippen LogP contribution in [0.25, 0.3) is 0 Å². The smallest absolute Gasteiger partial charge is 0.0434 e. The van der Waals surface area contributed by atoms with Gasteiger partial charge in [-0.05, 0) is 37.8 Å². The average Bonchev–Trinajstić information content (AvgIpc) is 2.31. The number of hydrogen-bond acceptors (Lipinski definition) is 1. The van der Waals surface area contributed by atoms with E-state index in [2.05, 4.69) is 18.8 Å². The predicted molar refractivity (Wildman–Crippen MR) is 45.7 cm³/mol. The molecular weight excluding hydrogens is 138 g/mol. The molecule has 1 aromatic heterocycles. The summed E-state index contributed by atoms with van der Waals surface area (Å²) in [4.78, 5) is 3.20. The Balaban J connectivity index is 2.63. The first-order valence-electron chi connectivity index (χ1n) is 4.00. The van der Waals surface area contributed by atoms with Crippen molar-refractivity contribution in [2.45, 2.75) is 26.7 Å². The maximum absolute atomic E-state index is 8.61. The van der Waals surface area contributed by atoms with Gasteiger partial charge in [-0.15, -0.1) is 0 Å². The van der Waals surface area contributed by atoms with E-state index in [1.165, 1.54) is 16.8 Å². The number of aromatic nitrogens is 1. The highest BCUT2D eigenvalue weighted by atomic mass is 16.2. The molecule has 1 aromatic rings. The number of rotatable bonds is 3. The van der Waals surface area contributed by atoms with Crippen molar-refractivity contribution in [3.8, 4) is 0 Å². The van der Waals surface area contributed by atoms with Gasteiger partial charge in [0.2, 0.25) is 0 Å². The van der Waals surface area contributed by atoms with E-state index in [0.717, 1.165) is 12.8 Å². The highest BCUT2D eigenvalue weighted by Crippen LogP contribution is 2.12. The van der Waals surface area contributed by atoms with E-state index in [-0.39, 0.29) is 6.61 Å². The van der Waals surface area contributed by atoms with E-state index in [4.69, 9.17) is 5.11 Å². The van der Waals surface area contributed by atoms with E-state index in [1.807, 2.05) is 6.20 Å². The monoisotopic (exact) mass is 153 g/mol. The topological polar surface area (TPSA) is 36.0 Å². The van der Waals surface area contributed by atoms with Crippen molar-refractivity contribution in [2.24, 2.45) is 0 Å². The van der Waals surface area contributed by atoms with Gasteiger partial charge < -0.3 is 10.1 Å². The molecule has 0 aliphatic carbocycles. The van der Waals surface area contributed by atoms with Crippen molar-refractivity contribution in [3.05, 3.63) is 23.0 Å². The summed E-state index contributed by atoms with van der Waals surface area (Å²) in [6.45, 7) is 4.48. The number of H-pyrrole nitrogens is 1. The summed E-state index contributed by atoms with van der Waals surface area (Å²) < 4.78 is 0. The van der Waals surface area contributed by atoms with Crippen LogP contribution in [0.5, 0.6) is 0 Å². The summed E-state index contributed by atoms with van der Waals surface area (Å²) in [5, 5.41) is 8.61.